The maximum atomic E-state index is 11.9. The molecule has 0 spiro atoms. The van der Waals surface area contributed by atoms with Gasteiger partial charge in [-0.25, -0.2) is 0 Å². The highest BCUT2D eigenvalue weighted by molar-refractivity contribution is 6.32. The summed E-state index contributed by atoms with van der Waals surface area (Å²) in [5, 5.41) is 6.55. The van der Waals surface area contributed by atoms with Crippen molar-refractivity contribution >= 4 is 40.1 Å². The summed E-state index contributed by atoms with van der Waals surface area (Å²) in [7, 11) is 0. The monoisotopic (exact) mass is 285 g/mol. The highest BCUT2D eigenvalue weighted by atomic mass is 35.5. The van der Waals surface area contributed by atoms with Gasteiger partial charge in [0.05, 0.1) is 5.57 Å². The van der Waals surface area contributed by atoms with E-state index >= 15 is 0 Å². The van der Waals surface area contributed by atoms with Crippen LogP contribution in [0.25, 0.3) is 5.57 Å². The Morgan fingerprint density at radius 2 is 1.90 bits per heavy atom. The van der Waals surface area contributed by atoms with Crippen molar-refractivity contribution in [1.82, 2.24) is 0 Å². The first kappa shape index (κ1) is 12.6. The van der Waals surface area contributed by atoms with Crippen LogP contribution in [0.3, 0.4) is 0 Å². The fourth-order valence-electron chi connectivity index (χ4n) is 2.05. The molecule has 0 saturated heterocycles. The number of anilines is 3. The van der Waals surface area contributed by atoms with Gasteiger partial charge in [0.25, 0.3) is 5.91 Å². The summed E-state index contributed by atoms with van der Waals surface area (Å²) in [6, 6.07) is 12.6. The van der Waals surface area contributed by atoms with Crippen LogP contribution in [0.2, 0.25) is 5.02 Å². The standard InChI is InChI=1S/C15H12ClN3O/c16-9-1-4-11(5-2-9)18-8-13-12-7-10(17)3-6-14(12)19-15(13)20/h1-8,18H,17H2,(H,19,20). The number of rotatable bonds is 2. The summed E-state index contributed by atoms with van der Waals surface area (Å²) in [4.78, 5) is 11.9. The first-order valence-electron chi connectivity index (χ1n) is 6.07. The zero-order valence-electron chi connectivity index (χ0n) is 10.5. The molecule has 5 heteroatoms. The van der Waals surface area contributed by atoms with Crippen molar-refractivity contribution in [3.63, 3.8) is 0 Å². The second kappa shape index (κ2) is 4.90. The molecule has 20 heavy (non-hydrogen) atoms. The molecule has 2 aromatic carbocycles. The molecule has 0 aliphatic carbocycles. The third-order valence-corrected chi connectivity index (χ3v) is 3.31. The lowest BCUT2D eigenvalue weighted by Crippen LogP contribution is -2.05. The van der Waals surface area contributed by atoms with E-state index in [0.717, 1.165) is 16.9 Å². The Morgan fingerprint density at radius 1 is 1.15 bits per heavy atom. The van der Waals surface area contributed by atoms with E-state index in [-0.39, 0.29) is 5.91 Å². The molecule has 3 rings (SSSR count). The first-order valence-corrected chi connectivity index (χ1v) is 6.45. The number of carbonyl (C=O) groups excluding carboxylic acids is 1. The second-order valence-electron chi connectivity index (χ2n) is 4.47. The van der Waals surface area contributed by atoms with E-state index < -0.39 is 0 Å². The number of nitrogens with one attached hydrogen (secondary N) is 2. The number of nitrogen functional groups attached to an aromatic ring is 1. The Kier molecular flexibility index (Phi) is 3.08. The summed E-state index contributed by atoms with van der Waals surface area (Å²) >= 11 is 5.83. The number of fused-ring (bicyclic) bond motifs is 1. The summed E-state index contributed by atoms with van der Waals surface area (Å²) in [5.41, 5.74) is 9.37. The molecule has 4 N–H and O–H groups in total. The van der Waals surface area contributed by atoms with Gasteiger partial charge in [0.1, 0.15) is 0 Å². The lowest BCUT2D eigenvalue weighted by molar-refractivity contribution is -0.110. The molecule has 0 unspecified atom stereocenters. The molecule has 1 aliphatic rings. The SMILES string of the molecule is Nc1ccc2c(c1)C(=CNc1ccc(Cl)cc1)C(=O)N2. The second-order valence-corrected chi connectivity index (χ2v) is 4.90. The third-order valence-electron chi connectivity index (χ3n) is 3.05. The molecule has 0 aromatic heterocycles. The van der Waals surface area contributed by atoms with Crippen molar-refractivity contribution in [2.75, 3.05) is 16.4 Å². The maximum absolute atomic E-state index is 11.9. The maximum Gasteiger partial charge on any atom is 0.257 e. The van der Waals surface area contributed by atoms with E-state index in [2.05, 4.69) is 10.6 Å². The molecule has 0 atom stereocenters. The average Bonchev–Trinajstić information content (AvgIpc) is 2.73. The van der Waals surface area contributed by atoms with E-state index in [1.165, 1.54) is 0 Å². The summed E-state index contributed by atoms with van der Waals surface area (Å²) in [5.74, 6) is -0.146. The number of nitrogens with two attached hydrogens (primary N) is 1. The van der Waals surface area contributed by atoms with Crippen LogP contribution < -0.4 is 16.4 Å². The van der Waals surface area contributed by atoms with Gasteiger partial charge in [-0.3, -0.25) is 4.79 Å². The van der Waals surface area contributed by atoms with Crippen molar-refractivity contribution in [1.29, 1.82) is 0 Å². The van der Waals surface area contributed by atoms with Gasteiger partial charge >= 0.3 is 0 Å². The number of benzene rings is 2. The number of amides is 1. The number of hydrogen-bond donors (Lipinski definition) is 3. The van der Waals surface area contributed by atoms with Gasteiger partial charge in [-0.1, -0.05) is 11.6 Å². The molecular weight excluding hydrogens is 274 g/mol. The predicted octanol–water partition coefficient (Wildman–Crippen LogP) is 3.33. The Hall–Kier alpha value is -2.46. The van der Waals surface area contributed by atoms with E-state index in [1.807, 2.05) is 12.1 Å². The van der Waals surface area contributed by atoms with Crippen molar-refractivity contribution in [2.24, 2.45) is 0 Å². The number of carbonyl (C=O) groups is 1. The van der Waals surface area contributed by atoms with E-state index in [9.17, 15) is 4.79 Å². The van der Waals surface area contributed by atoms with Gasteiger partial charge < -0.3 is 16.4 Å². The molecule has 100 valence electrons. The molecular formula is C15H12ClN3O. The van der Waals surface area contributed by atoms with Crippen LogP contribution in [0, 0.1) is 0 Å². The predicted molar refractivity (Wildman–Crippen MR) is 82.5 cm³/mol. The zero-order chi connectivity index (χ0) is 14.1. The van der Waals surface area contributed by atoms with Crippen molar-refractivity contribution in [3.05, 3.63) is 59.3 Å². The minimum absolute atomic E-state index is 0.146. The van der Waals surface area contributed by atoms with Crippen LogP contribution in [0.5, 0.6) is 0 Å². The minimum Gasteiger partial charge on any atom is -0.399 e. The van der Waals surface area contributed by atoms with Gasteiger partial charge in [0, 0.05) is 33.8 Å². The summed E-state index contributed by atoms with van der Waals surface area (Å²) < 4.78 is 0. The lowest BCUT2D eigenvalue weighted by atomic mass is 10.1. The Bertz CT molecular complexity index is 708. The van der Waals surface area contributed by atoms with Crippen molar-refractivity contribution < 1.29 is 4.79 Å². The number of hydrogen-bond acceptors (Lipinski definition) is 3. The highest BCUT2D eigenvalue weighted by Crippen LogP contribution is 2.33. The molecule has 1 aliphatic heterocycles. The van der Waals surface area contributed by atoms with Crippen molar-refractivity contribution in [3.8, 4) is 0 Å². The Labute approximate surface area is 121 Å². The largest absolute Gasteiger partial charge is 0.399 e. The molecule has 0 saturated carbocycles. The normalized spacial score (nSPS) is 15.1. The average molecular weight is 286 g/mol. The van der Waals surface area contributed by atoms with Crippen LogP contribution >= 0.6 is 11.6 Å². The van der Waals surface area contributed by atoms with Crippen LogP contribution in [-0.4, -0.2) is 5.91 Å². The number of halogens is 1. The van der Waals surface area contributed by atoms with E-state index in [4.69, 9.17) is 17.3 Å². The van der Waals surface area contributed by atoms with E-state index in [0.29, 0.717) is 16.3 Å². The molecule has 0 bridgehead atoms. The van der Waals surface area contributed by atoms with Crippen molar-refractivity contribution in [2.45, 2.75) is 0 Å². The fraction of sp³-hybridized carbons (Fsp3) is 0. The lowest BCUT2D eigenvalue weighted by Gasteiger charge is -2.03. The van der Waals surface area contributed by atoms with Gasteiger partial charge in [-0.05, 0) is 42.5 Å². The Morgan fingerprint density at radius 3 is 2.65 bits per heavy atom. The highest BCUT2D eigenvalue weighted by Gasteiger charge is 2.23. The zero-order valence-corrected chi connectivity index (χ0v) is 11.2. The smallest absolute Gasteiger partial charge is 0.257 e. The molecule has 2 aromatic rings. The summed E-state index contributed by atoms with van der Waals surface area (Å²) in [6.07, 6.45) is 1.67. The van der Waals surface area contributed by atoms with Crippen LogP contribution in [0.15, 0.2) is 48.7 Å². The topological polar surface area (TPSA) is 67.1 Å². The minimum atomic E-state index is -0.146. The van der Waals surface area contributed by atoms with Gasteiger partial charge in [-0.2, -0.15) is 0 Å². The molecule has 1 heterocycles. The fourth-order valence-corrected chi connectivity index (χ4v) is 2.18. The van der Waals surface area contributed by atoms with Crippen LogP contribution in [-0.2, 0) is 4.79 Å². The van der Waals surface area contributed by atoms with Gasteiger partial charge in [0.15, 0.2) is 0 Å². The first-order chi connectivity index (χ1) is 9.63. The van der Waals surface area contributed by atoms with E-state index in [1.54, 1.807) is 36.5 Å². The quantitative estimate of drug-likeness (QED) is 0.586. The van der Waals surface area contributed by atoms with Crippen LogP contribution in [0.1, 0.15) is 5.56 Å². The van der Waals surface area contributed by atoms with Gasteiger partial charge in [0.2, 0.25) is 0 Å². The summed E-state index contributed by atoms with van der Waals surface area (Å²) in [6.45, 7) is 0. The molecule has 0 radical (unpaired) electrons. The molecule has 1 amide bonds. The van der Waals surface area contributed by atoms with Crippen LogP contribution in [0.4, 0.5) is 17.1 Å². The molecule has 0 fully saturated rings. The Balaban J connectivity index is 1.90. The molecule has 4 nitrogen and oxygen atoms in total. The van der Waals surface area contributed by atoms with Gasteiger partial charge in [-0.15, -0.1) is 0 Å². The third kappa shape index (κ3) is 2.33.